The van der Waals surface area contributed by atoms with E-state index in [2.05, 4.69) is 25.8 Å². The molecule has 0 saturated carbocycles. The van der Waals surface area contributed by atoms with Crippen LogP contribution in [0.5, 0.6) is 0 Å². The lowest BCUT2D eigenvalue weighted by Gasteiger charge is -2.23. The Labute approximate surface area is 188 Å². The SMILES string of the molecule is COCCN(C(=O)C=Cc1ccc(C(C)(C)C)cc1)c1c(N)n(CC(C)C)c(=O)[nH]c1=O. The molecule has 0 aliphatic heterocycles. The first-order valence-corrected chi connectivity index (χ1v) is 10.7. The lowest BCUT2D eigenvalue weighted by Crippen LogP contribution is -2.42. The molecule has 3 N–H and O–H groups in total. The average Bonchev–Trinajstić information content (AvgIpc) is 2.71. The van der Waals surface area contributed by atoms with Crippen molar-refractivity contribution < 1.29 is 9.53 Å². The maximum Gasteiger partial charge on any atom is 0.330 e. The number of aromatic nitrogens is 2. The topological polar surface area (TPSA) is 110 Å². The van der Waals surface area contributed by atoms with E-state index >= 15 is 0 Å². The van der Waals surface area contributed by atoms with Crippen molar-refractivity contribution in [3.63, 3.8) is 0 Å². The van der Waals surface area contributed by atoms with Crippen LogP contribution in [0.2, 0.25) is 0 Å². The molecule has 8 nitrogen and oxygen atoms in total. The van der Waals surface area contributed by atoms with Crippen molar-refractivity contribution >= 4 is 23.5 Å². The van der Waals surface area contributed by atoms with Crippen LogP contribution in [-0.4, -0.2) is 35.7 Å². The van der Waals surface area contributed by atoms with Crippen LogP contribution < -0.4 is 21.9 Å². The van der Waals surface area contributed by atoms with Gasteiger partial charge >= 0.3 is 5.69 Å². The van der Waals surface area contributed by atoms with Crippen molar-refractivity contribution in [2.75, 3.05) is 30.9 Å². The van der Waals surface area contributed by atoms with Crippen molar-refractivity contribution in [3.8, 4) is 0 Å². The van der Waals surface area contributed by atoms with Crippen LogP contribution in [0.25, 0.3) is 6.08 Å². The summed E-state index contributed by atoms with van der Waals surface area (Å²) < 4.78 is 6.39. The number of nitrogens with two attached hydrogens (primary N) is 1. The number of methoxy groups -OCH3 is 1. The number of aromatic amines is 1. The zero-order chi connectivity index (χ0) is 24.1. The van der Waals surface area contributed by atoms with Crippen LogP contribution in [0.15, 0.2) is 39.9 Å². The summed E-state index contributed by atoms with van der Waals surface area (Å²) in [4.78, 5) is 41.4. The molecule has 0 atom stereocenters. The summed E-state index contributed by atoms with van der Waals surface area (Å²) in [5.74, 6) is -0.360. The fraction of sp³-hybridized carbons (Fsp3) is 0.458. The van der Waals surface area contributed by atoms with Crippen LogP contribution in [-0.2, 0) is 21.5 Å². The minimum Gasteiger partial charge on any atom is -0.383 e. The highest BCUT2D eigenvalue weighted by Gasteiger charge is 2.23. The first-order valence-electron chi connectivity index (χ1n) is 10.7. The second kappa shape index (κ2) is 10.5. The summed E-state index contributed by atoms with van der Waals surface area (Å²) in [6.07, 6.45) is 3.07. The molecule has 8 heteroatoms. The third-order valence-electron chi connectivity index (χ3n) is 5.01. The largest absolute Gasteiger partial charge is 0.383 e. The van der Waals surface area contributed by atoms with E-state index in [0.29, 0.717) is 6.54 Å². The molecule has 1 heterocycles. The summed E-state index contributed by atoms with van der Waals surface area (Å²) in [7, 11) is 1.50. The third-order valence-corrected chi connectivity index (χ3v) is 5.01. The van der Waals surface area contributed by atoms with Gasteiger partial charge in [0.05, 0.1) is 6.61 Å². The zero-order valence-corrected chi connectivity index (χ0v) is 19.8. The maximum absolute atomic E-state index is 13.1. The number of ether oxygens (including phenoxy) is 1. The lowest BCUT2D eigenvalue weighted by atomic mass is 9.87. The predicted octanol–water partition coefficient (Wildman–Crippen LogP) is 2.77. The van der Waals surface area contributed by atoms with Gasteiger partial charge < -0.3 is 10.5 Å². The van der Waals surface area contributed by atoms with Crippen molar-refractivity contribution in [1.29, 1.82) is 0 Å². The first kappa shape index (κ1) is 25.1. The number of H-pyrrole nitrogens is 1. The Hall–Kier alpha value is -3.13. The molecular formula is C24H34N4O4. The van der Waals surface area contributed by atoms with Gasteiger partial charge in [-0.3, -0.25) is 24.0 Å². The molecule has 0 spiro atoms. The van der Waals surface area contributed by atoms with Gasteiger partial charge in [0.2, 0.25) is 0 Å². The molecule has 0 unspecified atom stereocenters. The van der Waals surface area contributed by atoms with Gasteiger partial charge in [0.1, 0.15) is 5.82 Å². The number of amides is 1. The van der Waals surface area contributed by atoms with Crippen molar-refractivity contribution in [1.82, 2.24) is 9.55 Å². The Morgan fingerprint density at radius 2 is 1.84 bits per heavy atom. The molecule has 32 heavy (non-hydrogen) atoms. The van der Waals surface area contributed by atoms with Gasteiger partial charge in [-0.25, -0.2) is 4.79 Å². The van der Waals surface area contributed by atoms with Gasteiger partial charge in [-0.2, -0.15) is 0 Å². The summed E-state index contributed by atoms with van der Waals surface area (Å²) >= 11 is 0. The second-order valence-electron chi connectivity index (χ2n) is 9.19. The fourth-order valence-corrected chi connectivity index (χ4v) is 3.25. The molecule has 2 rings (SSSR count). The molecule has 0 aliphatic carbocycles. The van der Waals surface area contributed by atoms with Crippen LogP contribution in [0, 0.1) is 5.92 Å². The van der Waals surface area contributed by atoms with E-state index in [-0.39, 0.29) is 36.0 Å². The van der Waals surface area contributed by atoms with Gasteiger partial charge in [0, 0.05) is 26.3 Å². The normalized spacial score (nSPS) is 12.0. The highest BCUT2D eigenvalue weighted by Crippen LogP contribution is 2.23. The second-order valence-corrected chi connectivity index (χ2v) is 9.19. The van der Waals surface area contributed by atoms with E-state index in [1.54, 1.807) is 6.08 Å². The lowest BCUT2D eigenvalue weighted by molar-refractivity contribution is -0.114. The number of nitrogen functional groups attached to an aromatic ring is 1. The van der Waals surface area contributed by atoms with E-state index in [1.165, 1.54) is 28.2 Å². The van der Waals surface area contributed by atoms with Crippen molar-refractivity contribution in [3.05, 3.63) is 62.3 Å². The van der Waals surface area contributed by atoms with Gasteiger partial charge in [-0.05, 0) is 28.5 Å². The standard InChI is InChI=1S/C24H34N4O4/c1-16(2)15-28-21(25)20(22(30)26-23(28)31)27(13-14-32-6)19(29)12-9-17-7-10-18(11-8-17)24(3,4)5/h7-12,16H,13-15,25H2,1-6H3,(H,26,30,31). The van der Waals surface area contributed by atoms with Crippen molar-refractivity contribution in [2.45, 2.75) is 46.6 Å². The van der Waals surface area contributed by atoms with Crippen molar-refractivity contribution in [2.24, 2.45) is 5.92 Å². The molecule has 174 valence electrons. The molecular weight excluding hydrogens is 408 g/mol. The van der Waals surface area contributed by atoms with Gasteiger partial charge in [0.15, 0.2) is 5.69 Å². The minimum absolute atomic E-state index is 0.0344. The summed E-state index contributed by atoms with van der Waals surface area (Å²) in [5, 5.41) is 0. The van der Waals surface area contributed by atoms with Crippen LogP contribution in [0.3, 0.4) is 0 Å². The molecule has 1 amide bonds. The van der Waals surface area contributed by atoms with Crippen LogP contribution in [0.1, 0.15) is 45.7 Å². The number of rotatable bonds is 8. The summed E-state index contributed by atoms with van der Waals surface area (Å²) in [6.45, 7) is 10.9. The highest BCUT2D eigenvalue weighted by molar-refractivity contribution is 6.05. The van der Waals surface area contributed by atoms with Gasteiger partial charge in [0.25, 0.3) is 11.5 Å². The predicted molar refractivity (Wildman–Crippen MR) is 129 cm³/mol. The monoisotopic (exact) mass is 442 g/mol. The molecule has 1 aromatic carbocycles. The van der Waals surface area contributed by atoms with E-state index in [1.807, 2.05) is 38.1 Å². The number of carbonyl (C=O) groups excluding carboxylic acids is 1. The first-order chi connectivity index (χ1) is 15.0. The van der Waals surface area contributed by atoms with E-state index < -0.39 is 17.2 Å². The minimum atomic E-state index is -0.708. The number of hydrogen-bond acceptors (Lipinski definition) is 5. The van der Waals surface area contributed by atoms with E-state index in [9.17, 15) is 14.4 Å². The number of benzene rings is 1. The van der Waals surface area contributed by atoms with Crippen LogP contribution in [0.4, 0.5) is 11.5 Å². The quantitative estimate of drug-likeness (QED) is 0.611. The van der Waals surface area contributed by atoms with Gasteiger partial charge in [-0.1, -0.05) is 58.9 Å². The Morgan fingerprint density at radius 3 is 2.38 bits per heavy atom. The van der Waals surface area contributed by atoms with E-state index in [0.717, 1.165) is 5.56 Å². The number of nitrogens with one attached hydrogen (secondary N) is 1. The molecule has 0 aliphatic rings. The maximum atomic E-state index is 13.1. The number of hydrogen-bond donors (Lipinski definition) is 2. The Balaban J connectivity index is 2.42. The average molecular weight is 443 g/mol. The Bertz CT molecular complexity index is 1070. The number of anilines is 2. The molecule has 0 radical (unpaired) electrons. The molecule has 0 saturated heterocycles. The highest BCUT2D eigenvalue weighted by atomic mass is 16.5. The molecule has 0 bridgehead atoms. The summed E-state index contributed by atoms with van der Waals surface area (Å²) in [5.41, 5.74) is 6.91. The smallest absolute Gasteiger partial charge is 0.330 e. The molecule has 2 aromatic rings. The zero-order valence-electron chi connectivity index (χ0n) is 19.8. The third kappa shape index (κ3) is 6.20. The molecule has 1 aromatic heterocycles. The Morgan fingerprint density at radius 1 is 1.22 bits per heavy atom. The number of nitrogens with zero attached hydrogens (tertiary/aromatic N) is 2. The molecule has 0 fully saturated rings. The van der Waals surface area contributed by atoms with Crippen LogP contribution >= 0.6 is 0 Å². The number of carbonyl (C=O) groups is 1. The van der Waals surface area contributed by atoms with E-state index in [4.69, 9.17) is 10.5 Å². The fourth-order valence-electron chi connectivity index (χ4n) is 3.25. The Kier molecular flexibility index (Phi) is 8.21. The summed E-state index contributed by atoms with van der Waals surface area (Å²) in [6, 6.07) is 7.93. The van der Waals surface area contributed by atoms with Gasteiger partial charge in [-0.15, -0.1) is 0 Å².